The van der Waals surface area contributed by atoms with Crippen molar-refractivity contribution in [3.63, 3.8) is 0 Å². The van der Waals surface area contributed by atoms with Crippen LogP contribution in [0.5, 0.6) is 0 Å². The van der Waals surface area contributed by atoms with Crippen molar-refractivity contribution in [3.8, 4) is 0 Å². The second kappa shape index (κ2) is 9.34. The summed E-state index contributed by atoms with van der Waals surface area (Å²) in [6, 6.07) is 8.88. The summed E-state index contributed by atoms with van der Waals surface area (Å²) in [5, 5.41) is 0.725. The molecule has 5 heteroatoms. The average molecular weight is 330 g/mol. The van der Waals surface area contributed by atoms with Gasteiger partial charge in [-0.25, -0.2) is 8.42 Å². The predicted molar refractivity (Wildman–Crippen MR) is 94.3 cm³/mol. The Balaban J connectivity index is 0.000000433. The second-order valence-electron chi connectivity index (χ2n) is 5.23. The lowest BCUT2D eigenvalue weighted by molar-refractivity contribution is 0.474. The molecule has 0 aliphatic carbocycles. The fourth-order valence-corrected chi connectivity index (χ4v) is 3.57. The summed E-state index contributed by atoms with van der Waals surface area (Å²) in [6.07, 6.45) is 4.29. The van der Waals surface area contributed by atoms with Gasteiger partial charge in [0.2, 0.25) is 0 Å². The Morgan fingerprint density at radius 1 is 1.10 bits per heavy atom. The lowest BCUT2D eigenvalue weighted by Crippen LogP contribution is -1.98. The normalized spacial score (nSPS) is 12.6. The van der Waals surface area contributed by atoms with Crippen molar-refractivity contribution in [2.75, 3.05) is 25.2 Å². The van der Waals surface area contributed by atoms with E-state index in [-0.39, 0.29) is 0 Å². The molecule has 1 aromatic rings. The molecule has 0 N–H and O–H groups in total. The fraction of sp³-hybridized carbons (Fsp3) is 0.500. The van der Waals surface area contributed by atoms with Gasteiger partial charge in [0.1, 0.15) is 10.1 Å². The summed E-state index contributed by atoms with van der Waals surface area (Å²) in [5.74, 6) is 0. The molecule has 0 aliphatic rings. The minimum atomic E-state index is -4.28. The second-order valence-corrected chi connectivity index (χ2v) is 11.6. The van der Waals surface area contributed by atoms with Crippen molar-refractivity contribution in [1.29, 1.82) is 0 Å². The van der Waals surface area contributed by atoms with E-state index in [0.717, 1.165) is 11.0 Å². The molecule has 0 radical (unpaired) electrons. The monoisotopic (exact) mass is 330 g/mol. The number of hydrogen-bond donors (Lipinski definition) is 0. The number of benzene rings is 1. The third-order valence-corrected chi connectivity index (χ3v) is 9.06. The molecule has 0 amide bonds. The van der Waals surface area contributed by atoms with E-state index < -0.39 is 17.4 Å². The van der Waals surface area contributed by atoms with Gasteiger partial charge >= 0.3 is 0 Å². The van der Waals surface area contributed by atoms with Crippen LogP contribution in [0.4, 0.5) is 0 Å². The molecule has 0 fully saturated rings. The van der Waals surface area contributed by atoms with Crippen LogP contribution in [0.25, 0.3) is 5.57 Å². The summed E-state index contributed by atoms with van der Waals surface area (Å²) in [5.41, 5.74) is 1.19. The minimum Gasteiger partial charge on any atom is -0.744 e. The molecule has 0 atom stereocenters. The maximum Gasteiger partial charge on any atom is 0.117 e. The summed E-state index contributed by atoms with van der Waals surface area (Å²) in [6.45, 7) is 11.0. The maximum absolute atomic E-state index is 10.4. The van der Waals surface area contributed by atoms with Gasteiger partial charge in [-0.3, -0.25) is 0 Å². The Labute approximate surface area is 130 Å². The SMILES string of the molecule is CC(=CS(=O)(=O)[O-])c1ccccc1.CC[P+](C)(CC)CC. The van der Waals surface area contributed by atoms with Gasteiger partial charge in [-0.2, -0.15) is 0 Å². The maximum atomic E-state index is 10.4. The van der Waals surface area contributed by atoms with Crippen molar-refractivity contribution in [2.45, 2.75) is 27.7 Å². The third kappa shape index (κ3) is 9.02. The molecule has 0 bridgehead atoms. The first kappa shape index (κ1) is 20.3. The fourth-order valence-electron chi connectivity index (χ4n) is 1.66. The van der Waals surface area contributed by atoms with E-state index in [0.29, 0.717) is 5.57 Å². The number of allylic oxidation sites excluding steroid dienone is 1. The molecule has 0 aliphatic heterocycles. The Morgan fingerprint density at radius 2 is 1.52 bits per heavy atom. The highest BCUT2D eigenvalue weighted by Gasteiger charge is 2.22. The molecule has 0 aromatic heterocycles. The number of rotatable bonds is 5. The molecule has 3 nitrogen and oxygen atoms in total. The highest BCUT2D eigenvalue weighted by molar-refractivity contribution is 7.88. The van der Waals surface area contributed by atoms with Crippen LogP contribution < -0.4 is 0 Å². The summed E-state index contributed by atoms with van der Waals surface area (Å²) in [4.78, 5) is 0. The summed E-state index contributed by atoms with van der Waals surface area (Å²) in [7, 11) is -4.70. The standard InChI is InChI=1S/C9H10O3S.C7H18P/c1-8(7-13(10,11)12)9-5-3-2-4-6-9;1-5-8(4,6-2)7-3/h2-7H,1H3,(H,10,11,12);5-7H2,1-4H3/q;+1/p-1. The third-order valence-electron chi connectivity index (χ3n) is 3.84. The van der Waals surface area contributed by atoms with E-state index in [4.69, 9.17) is 0 Å². The van der Waals surface area contributed by atoms with Crippen molar-refractivity contribution in [1.82, 2.24) is 0 Å². The molecule has 120 valence electrons. The van der Waals surface area contributed by atoms with Gasteiger partial charge < -0.3 is 4.55 Å². The molecule has 0 saturated carbocycles. The van der Waals surface area contributed by atoms with E-state index in [9.17, 15) is 13.0 Å². The summed E-state index contributed by atoms with van der Waals surface area (Å²) >= 11 is 0. The van der Waals surface area contributed by atoms with E-state index in [2.05, 4.69) is 27.4 Å². The van der Waals surface area contributed by atoms with Gasteiger partial charge in [0.25, 0.3) is 0 Å². The highest BCUT2D eigenvalue weighted by Crippen LogP contribution is 2.53. The zero-order chi connectivity index (χ0) is 16.5. The van der Waals surface area contributed by atoms with Crippen molar-refractivity contribution < 1.29 is 13.0 Å². The molecule has 0 saturated heterocycles. The zero-order valence-electron chi connectivity index (χ0n) is 13.7. The van der Waals surface area contributed by atoms with E-state index in [1.165, 1.54) is 18.5 Å². The molecule has 1 rings (SSSR count). The first-order chi connectivity index (χ1) is 9.67. The Kier molecular flexibility index (Phi) is 9.03. The molecule has 0 heterocycles. The number of hydrogen-bond acceptors (Lipinski definition) is 3. The van der Waals surface area contributed by atoms with Gasteiger partial charge in [0.15, 0.2) is 0 Å². The largest absolute Gasteiger partial charge is 0.744 e. The van der Waals surface area contributed by atoms with E-state index >= 15 is 0 Å². The van der Waals surface area contributed by atoms with Crippen molar-refractivity contribution >= 4 is 23.0 Å². The van der Waals surface area contributed by atoms with Crippen LogP contribution in [0.15, 0.2) is 35.7 Å². The lowest BCUT2D eigenvalue weighted by atomic mass is 10.1. The first-order valence-corrected chi connectivity index (χ1v) is 11.5. The average Bonchev–Trinajstić information content (AvgIpc) is 2.46. The molecule has 0 spiro atoms. The molecular weight excluding hydrogens is 303 g/mol. The van der Waals surface area contributed by atoms with Gasteiger partial charge in [0, 0.05) is 19.3 Å². The Bertz CT molecular complexity index is 524. The van der Waals surface area contributed by atoms with Gasteiger partial charge in [-0.05, 0) is 38.8 Å². The van der Waals surface area contributed by atoms with E-state index in [1.54, 1.807) is 31.2 Å². The van der Waals surface area contributed by atoms with Gasteiger partial charge in [0.05, 0.1) is 18.5 Å². The summed E-state index contributed by atoms with van der Waals surface area (Å²) < 4.78 is 31.1. The van der Waals surface area contributed by atoms with Gasteiger partial charge in [-0.1, -0.05) is 30.3 Å². The molecule has 0 unspecified atom stereocenters. The van der Waals surface area contributed by atoms with Crippen LogP contribution in [0.1, 0.15) is 33.3 Å². The first-order valence-electron chi connectivity index (χ1n) is 7.20. The molecule has 1 aromatic carbocycles. The Morgan fingerprint density at radius 3 is 1.81 bits per heavy atom. The topological polar surface area (TPSA) is 57.2 Å². The lowest BCUT2D eigenvalue weighted by Gasteiger charge is -2.16. The minimum absolute atomic E-state index is 0.412. The predicted octanol–water partition coefficient (Wildman–Crippen LogP) is 4.29. The Hall–Kier alpha value is -0.700. The molecular formula is C16H27O3PS. The van der Waals surface area contributed by atoms with Crippen LogP contribution in [0, 0.1) is 0 Å². The molecule has 21 heavy (non-hydrogen) atoms. The van der Waals surface area contributed by atoms with Gasteiger partial charge in [-0.15, -0.1) is 0 Å². The van der Waals surface area contributed by atoms with Crippen LogP contribution in [-0.2, 0) is 10.1 Å². The van der Waals surface area contributed by atoms with Crippen molar-refractivity contribution in [2.24, 2.45) is 0 Å². The van der Waals surface area contributed by atoms with Crippen LogP contribution in [0.3, 0.4) is 0 Å². The quantitative estimate of drug-likeness (QED) is 0.598. The van der Waals surface area contributed by atoms with Crippen LogP contribution >= 0.6 is 7.26 Å². The zero-order valence-corrected chi connectivity index (χ0v) is 15.4. The van der Waals surface area contributed by atoms with E-state index in [1.807, 2.05) is 6.07 Å². The van der Waals surface area contributed by atoms with Crippen LogP contribution in [0.2, 0.25) is 0 Å². The van der Waals surface area contributed by atoms with Crippen molar-refractivity contribution in [3.05, 3.63) is 41.3 Å². The smallest absolute Gasteiger partial charge is 0.117 e. The van der Waals surface area contributed by atoms with Crippen LogP contribution in [-0.4, -0.2) is 38.1 Å². The highest BCUT2D eigenvalue weighted by atomic mass is 32.2.